The van der Waals surface area contributed by atoms with Gasteiger partial charge in [0.25, 0.3) is 5.91 Å². The van der Waals surface area contributed by atoms with Gasteiger partial charge in [0, 0.05) is 17.4 Å². The lowest BCUT2D eigenvalue weighted by molar-refractivity contribution is -0.143. The molecule has 3 heterocycles. The minimum Gasteiger partial charge on any atom is -0.346 e. The first-order chi connectivity index (χ1) is 8.60. The SMILES string of the molecule is O=C(c1cc(Br)c(Br)s1)N1CCC2(C1)OCCO2. The number of carbonyl (C=O) groups is 1. The van der Waals surface area contributed by atoms with Gasteiger partial charge < -0.3 is 14.4 Å². The van der Waals surface area contributed by atoms with Crippen molar-refractivity contribution in [1.29, 1.82) is 0 Å². The highest BCUT2D eigenvalue weighted by Crippen LogP contribution is 2.35. The summed E-state index contributed by atoms with van der Waals surface area (Å²) in [5, 5.41) is 0. The Balaban J connectivity index is 1.74. The second-order valence-corrected chi connectivity index (χ2v) is 7.54. The molecule has 1 aromatic heterocycles. The highest BCUT2D eigenvalue weighted by Gasteiger charge is 2.45. The molecular formula is C11H11Br2NO3S. The summed E-state index contributed by atoms with van der Waals surface area (Å²) in [7, 11) is 0. The molecule has 2 fully saturated rings. The number of likely N-dealkylation sites (tertiary alicyclic amines) is 1. The highest BCUT2D eigenvalue weighted by atomic mass is 79.9. The number of hydrogen-bond donors (Lipinski definition) is 0. The molecule has 4 nitrogen and oxygen atoms in total. The zero-order valence-corrected chi connectivity index (χ0v) is 13.4. The lowest BCUT2D eigenvalue weighted by Gasteiger charge is -2.21. The fourth-order valence-corrected chi connectivity index (χ4v) is 4.27. The van der Waals surface area contributed by atoms with E-state index in [2.05, 4.69) is 31.9 Å². The van der Waals surface area contributed by atoms with Crippen LogP contribution < -0.4 is 0 Å². The van der Waals surface area contributed by atoms with Crippen molar-refractivity contribution in [2.75, 3.05) is 26.3 Å². The maximum absolute atomic E-state index is 12.3. The standard InChI is InChI=1S/C11H11Br2NO3S/c12-7-5-8(18-9(7)13)10(15)14-2-1-11(6-14)16-3-4-17-11/h5H,1-4,6H2. The summed E-state index contributed by atoms with van der Waals surface area (Å²) >= 11 is 8.24. The fourth-order valence-electron chi connectivity index (χ4n) is 2.27. The molecule has 0 N–H and O–H groups in total. The average molecular weight is 397 g/mol. The summed E-state index contributed by atoms with van der Waals surface area (Å²) in [6, 6.07) is 1.85. The third-order valence-corrected chi connectivity index (χ3v) is 6.40. The van der Waals surface area contributed by atoms with E-state index in [1.54, 1.807) is 4.90 Å². The molecule has 1 spiro atoms. The van der Waals surface area contributed by atoms with Crippen LogP contribution in [-0.4, -0.2) is 42.9 Å². The van der Waals surface area contributed by atoms with Gasteiger partial charge in [-0.3, -0.25) is 4.79 Å². The lowest BCUT2D eigenvalue weighted by Crippen LogP contribution is -2.36. The summed E-state index contributed by atoms with van der Waals surface area (Å²) in [6.07, 6.45) is 0.756. The topological polar surface area (TPSA) is 38.8 Å². The molecule has 0 radical (unpaired) electrons. The maximum atomic E-state index is 12.3. The molecule has 0 bridgehead atoms. The Morgan fingerprint density at radius 2 is 2.11 bits per heavy atom. The average Bonchev–Trinajstić information content (AvgIpc) is 3.04. The molecule has 2 aliphatic rings. The number of thiophene rings is 1. The van der Waals surface area contributed by atoms with Gasteiger partial charge in [0.1, 0.15) is 0 Å². The monoisotopic (exact) mass is 395 g/mol. The summed E-state index contributed by atoms with van der Waals surface area (Å²) in [5.41, 5.74) is 0. The van der Waals surface area contributed by atoms with Crippen LogP contribution in [0.25, 0.3) is 0 Å². The van der Waals surface area contributed by atoms with E-state index in [4.69, 9.17) is 9.47 Å². The first-order valence-corrected chi connectivity index (χ1v) is 8.02. The third kappa shape index (κ3) is 2.27. The number of ether oxygens (including phenoxy) is 2. The molecule has 0 saturated carbocycles. The van der Waals surface area contributed by atoms with Crippen molar-refractivity contribution in [2.45, 2.75) is 12.2 Å². The van der Waals surface area contributed by atoms with Crippen molar-refractivity contribution in [1.82, 2.24) is 4.90 Å². The number of halogens is 2. The van der Waals surface area contributed by atoms with Crippen LogP contribution in [0, 0.1) is 0 Å². The van der Waals surface area contributed by atoms with Crippen LogP contribution in [0.15, 0.2) is 14.3 Å². The van der Waals surface area contributed by atoms with Crippen LogP contribution in [0.3, 0.4) is 0 Å². The molecule has 3 rings (SSSR count). The van der Waals surface area contributed by atoms with Crippen molar-refractivity contribution in [3.8, 4) is 0 Å². The number of nitrogens with zero attached hydrogens (tertiary/aromatic N) is 1. The Morgan fingerprint density at radius 1 is 1.39 bits per heavy atom. The minimum atomic E-state index is -0.540. The molecular weight excluding hydrogens is 386 g/mol. The molecule has 1 amide bonds. The fraction of sp³-hybridized carbons (Fsp3) is 0.545. The number of carbonyl (C=O) groups excluding carboxylic acids is 1. The van der Waals surface area contributed by atoms with Crippen molar-refractivity contribution in [3.63, 3.8) is 0 Å². The number of amides is 1. The van der Waals surface area contributed by atoms with Crippen molar-refractivity contribution < 1.29 is 14.3 Å². The molecule has 0 aliphatic carbocycles. The van der Waals surface area contributed by atoms with Crippen LogP contribution in [0.5, 0.6) is 0 Å². The molecule has 18 heavy (non-hydrogen) atoms. The smallest absolute Gasteiger partial charge is 0.264 e. The van der Waals surface area contributed by atoms with E-state index in [0.717, 1.165) is 19.6 Å². The molecule has 0 unspecified atom stereocenters. The first-order valence-electron chi connectivity index (χ1n) is 5.62. The third-order valence-electron chi connectivity index (χ3n) is 3.15. The zero-order chi connectivity index (χ0) is 12.8. The van der Waals surface area contributed by atoms with Gasteiger partial charge in [-0.1, -0.05) is 0 Å². The van der Waals surface area contributed by atoms with Gasteiger partial charge in [0.05, 0.1) is 28.4 Å². The number of rotatable bonds is 1. The van der Waals surface area contributed by atoms with Gasteiger partial charge in [-0.25, -0.2) is 0 Å². The van der Waals surface area contributed by atoms with Crippen LogP contribution in [0.4, 0.5) is 0 Å². The summed E-state index contributed by atoms with van der Waals surface area (Å²) in [6.45, 7) is 2.46. The van der Waals surface area contributed by atoms with E-state index in [0.29, 0.717) is 26.3 Å². The van der Waals surface area contributed by atoms with Gasteiger partial charge in [0.2, 0.25) is 0 Å². The summed E-state index contributed by atoms with van der Waals surface area (Å²) < 4.78 is 13.1. The van der Waals surface area contributed by atoms with E-state index < -0.39 is 5.79 Å². The van der Waals surface area contributed by atoms with Gasteiger partial charge in [0.15, 0.2) is 5.79 Å². The lowest BCUT2D eigenvalue weighted by atomic mass is 10.2. The Kier molecular flexibility index (Phi) is 3.53. The quantitative estimate of drug-likeness (QED) is 0.732. The van der Waals surface area contributed by atoms with Crippen molar-refractivity contribution in [2.24, 2.45) is 0 Å². The second kappa shape index (κ2) is 4.86. The van der Waals surface area contributed by atoms with Gasteiger partial charge in [-0.05, 0) is 37.9 Å². The van der Waals surface area contributed by atoms with E-state index >= 15 is 0 Å². The number of hydrogen-bond acceptors (Lipinski definition) is 4. The highest BCUT2D eigenvalue weighted by molar-refractivity contribution is 9.13. The van der Waals surface area contributed by atoms with E-state index in [1.807, 2.05) is 6.07 Å². The van der Waals surface area contributed by atoms with E-state index in [1.165, 1.54) is 11.3 Å². The Bertz CT molecular complexity index is 465. The van der Waals surface area contributed by atoms with Crippen LogP contribution in [-0.2, 0) is 9.47 Å². The molecule has 1 aromatic rings. The molecule has 98 valence electrons. The van der Waals surface area contributed by atoms with Gasteiger partial charge in [-0.15, -0.1) is 11.3 Å². The van der Waals surface area contributed by atoms with Crippen molar-refractivity contribution >= 4 is 49.1 Å². The van der Waals surface area contributed by atoms with Gasteiger partial charge in [-0.2, -0.15) is 0 Å². The Labute approximate surface area is 125 Å². The zero-order valence-electron chi connectivity index (χ0n) is 9.45. The molecule has 0 aromatic carbocycles. The van der Waals surface area contributed by atoms with Gasteiger partial charge >= 0.3 is 0 Å². The normalized spacial score (nSPS) is 22.0. The second-order valence-electron chi connectivity index (χ2n) is 4.32. The van der Waals surface area contributed by atoms with Crippen LogP contribution >= 0.6 is 43.2 Å². The largest absolute Gasteiger partial charge is 0.346 e. The molecule has 2 aliphatic heterocycles. The maximum Gasteiger partial charge on any atom is 0.264 e. The summed E-state index contributed by atoms with van der Waals surface area (Å²) in [4.78, 5) is 14.9. The van der Waals surface area contributed by atoms with Crippen molar-refractivity contribution in [3.05, 3.63) is 19.2 Å². The van der Waals surface area contributed by atoms with E-state index in [-0.39, 0.29) is 5.91 Å². The predicted molar refractivity (Wildman–Crippen MR) is 74.9 cm³/mol. The predicted octanol–water partition coefficient (Wildman–Crippen LogP) is 2.86. The summed E-state index contributed by atoms with van der Waals surface area (Å²) in [5.74, 6) is -0.496. The minimum absolute atomic E-state index is 0.0439. The Morgan fingerprint density at radius 3 is 2.72 bits per heavy atom. The van der Waals surface area contributed by atoms with Crippen LogP contribution in [0.1, 0.15) is 16.1 Å². The Hall–Kier alpha value is 0.0500. The first kappa shape index (κ1) is 13.1. The van der Waals surface area contributed by atoms with E-state index in [9.17, 15) is 4.79 Å². The van der Waals surface area contributed by atoms with Crippen LogP contribution in [0.2, 0.25) is 0 Å². The molecule has 0 atom stereocenters. The molecule has 2 saturated heterocycles. The molecule has 7 heteroatoms.